The standard InChI is InChI=1S/C20H20N2O5/c1-12(2)16(22-20(25)26-11-13-7-4-3-5-8-13)18(24)19-21-17-14(23)9-6-10-15(17)27-19/h3-10,12,16,23H,11H2,1-2H3,(H,22,25)/t16-/m0/s1. The molecule has 1 heterocycles. The van der Waals surface area contributed by atoms with Crippen molar-refractivity contribution in [3.05, 3.63) is 60.0 Å². The third-order valence-corrected chi connectivity index (χ3v) is 4.04. The van der Waals surface area contributed by atoms with Crippen molar-refractivity contribution in [3.8, 4) is 5.75 Å². The van der Waals surface area contributed by atoms with Crippen LogP contribution in [0, 0.1) is 5.92 Å². The number of aromatic hydroxyl groups is 1. The topological polar surface area (TPSA) is 102 Å². The normalized spacial score (nSPS) is 12.1. The Labute approximate surface area is 156 Å². The lowest BCUT2D eigenvalue weighted by Crippen LogP contribution is -2.44. The highest BCUT2D eigenvalue weighted by molar-refractivity contribution is 6.00. The summed E-state index contributed by atoms with van der Waals surface area (Å²) in [5, 5.41) is 12.4. The molecule has 3 rings (SSSR count). The van der Waals surface area contributed by atoms with Gasteiger partial charge in [0, 0.05) is 0 Å². The Balaban J connectivity index is 1.71. The van der Waals surface area contributed by atoms with Crippen molar-refractivity contribution in [3.63, 3.8) is 0 Å². The molecule has 1 aromatic heterocycles. The van der Waals surface area contributed by atoms with Gasteiger partial charge in [-0.3, -0.25) is 4.79 Å². The summed E-state index contributed by atoms with van der Waals surface area (Å²) in [5.41, 5.74) is 1.34. The van der Waals surface area contributed by atoms with Gasteiger partial charge in [0.2, 0.25) is 5.78 Å². The lowest BCUT2D eigenvalue weighted by Gasteiger charge is -2.19. The summed E-state index contributed by atoms with van der Waals surface area (Å²) in [6.07, 6.45) is -0.704. The third-order valence-electron chi connectivity index (χ3n) is 4.04. The first kappa shape index (κ1) is 18.4. The van der Waals surface area contributed by atoms with Crippen LogP contribution in [0.1, 0.15) is 30.1 Å². The maximum absolute atomic E-state index is 12.8. The highest BCUT2D eigenvalue weighted by Crippen LogP contribution is 2.25. The van der Waals surface area contributed by atoms with Gasteiger partial charge in [0.25, 0.3) is 5.89 Å². The largest absolute Gasteiger partial charge is 0.506 e. The predicted octanol–water partition coefficient (Wildman–Crippen LogP) is 3.67. The first-order valence-electron chi connectivity index (χ1n) is 8.55. The van der Waals surface area contributed by atoms with Crippen LogP contribution < -0.4 is 5.32 Å². The van der Waals surface area contributed by atoms with Gasteiger partial charge >= 0.3 is 6.09 Å². The Morgan fingerprint density at radius 1 is 1.15 bits per heavy atom. The van der Waals surface area contributed by atoms with Crippen LogP contribution >= 0.6 is 0 Å². The van der Waals surface area contributed by atoms with Crippen LogP contribution in [0.5, 0.6) is 5.75 Å². The minimum Gasteiger partial charge on any atom is -0.506 e. The monoisotopic (exact) mass is 368 g/mol. The lowest BCUT2D eigenvalue weighted by molar-refractivity contribution is 0.0855. The van der Waals surface area contributed by atoms with E-state index in [4.69, 9.17) is 9.15 Å². The molecule has 0 saturated carbocycles. The number of benzene rings is 2. The number of ether oxygens (including phenoxy) is 1. The van der Waals surface area contributed by atoms with Crippen molar-refractivity contribution >= 4 is 23.0 Å². The fourth-order valence-corrected chi connectivity index (χ4v) is 2.60. The summed E-state index contributed by atoms with van der Waals surface area (Å²) in [6, 6.07) is 13.0. The smallest absolute Gasteiger partial charge is 0.408 e. The minimum absolute atomic E-state index is 0.0772. The number of Topliss-reactive ketones (excluding diaryl/α,β-unsaturated/α-hetero) is 1. The van der Waals surface area contributed by atoms with Crippen molar-refractivity contribution in [2.45, 2.75) is 26.5 Å². The summed E-state index contributed by atoms with van der Waals surface area (Å²) in [6.45, 7) is 3.68. The molecule has 7 heteroatoms. The van der Waals surface area contributed by atoms with Crippen molar-refractivity contribution < 1.29 is 23.8 Å². The molecule has 0 fully saturated rings. The van der Waals surface area contributed by atoms with E-state index in [0.29, 0.717) is 5.58 Å². The molecule has 0 bridgehead atoms. The van der Waals surface area contributed by atoms with E-state index in [0.717, 1.165) is 5.56 Å². The third kappa shape index (κ3) is 4.25. The number of nitrogens with one attached hydrogen (secondary N) is 1. The average Bonchev–Trinajstić information content (AvgIpc) is 3.10. The Bertz CT molecular complexity index is 949. The summed E-state index contributed by atoms with van der Waals surface area (Å²) in [5.74, 6) is -0.956. The molecule has 140 valence electrons. The molecule has 0 unspecified atom stereocenters. The number of carbonyl (C=O) groups excluding carboxylic acids is 2. The number of phenols is 1. The molecule has 3 aromatic rings. The molecule has 2 aromatic carbocycles. The Morgan fingerprint density at radius 2 is 1.89 bits per heavy atom. The zero-order valence-corrected chi connectivity index (χ0v) is 15.0. The second-order valence-corrected chi connectivity index (χ2v) is 6.43. The SMILES string of the molecule is CC(C)[C@H](NC(=O)OCc1ccccc1)C(=O)c1nc2c(O)cccc2o1. The van der Waals surface area contributed by atoms with Gasteiger partial charge in [-0.15, -0.1) is 0 Å². The molecule has 0 aliphatic carbocycles. The molecule has 27 heavy (non-hydrogen) atoms. The molecular weight excluding hydrogens is 348 g/mol. The van der Waals surface area contributed by atoms with E-state index >= 15 is 0 Å². The summed E-state index contributed by atoms with van der Waals surface area (Å²) in [7, 11) is 0. The minimum atomic E-state index is -0.872. The molecule has 0 aliphatic heterocycles. The van der Waals surface area contributed by atoms with Crippen molar-refractivity contribution in [1.29, 1.82) is 0 Å². The highest BCUT2D eigenvalue weighted by Gasteiger charge is 2.30. The van der Waals surface area contributed by atoms with Gasteiger partial charge in [0.05, 0.1) is 0 Å². The van der Waals surface area contributed by atoms with Crippen molar-refractivity contribution in [2.24, 2.45) is 5.92 Å². The molecular formula is C20H20N2O5. The van der Waals surface area contributed by atoms with E-state index < -0.39 is 17.9 Å². The first-order valence-corrected chi connectivity index (χ1v) is 8.55. The van der Waals surface area contributed by atoms with Gasteiger partial charge < -0.3 is 19.6 Å². The van der Waals surface area contributed by atoms with E-state index in [9.17, 15) is 14.7 Å². The number of alkyl carbamates (subject to hydrolysis) is 1. The number of oxazole rings is 1. The van der Waals surface area contributed by atoms with Gasteiger partial charge in [-0.25, -0.2) is 9.78 Å². The summed E-state index contributed by atoms with van der Waals surface area (Å²) in [4.78, 5) is 28.9. The number of fused-ring (bicyclic) bond motifs is 1. The number of amides is 1. The fourth-order valence-electron chi connectivity index (χ4n) is 2.60. The summed E-state index contributed by atoms with van der Waals surface area (Å²) >= 11 is 0. The number of nitrogens with zero attached hydrogens (tertiary/aromatic N) is 1. The number of aromatic nitrogens is 1. The van der Waals surface area contributed by atoms with Gasteiger partial charge in [-0.1, -0.05) is 50.2 Å². The molecule has 0 aliphatic rings. The van der Waals surface area contributed by atoms with E-state index in [1.807, 2.05) is 30.3 Å². The van der Waals surface area contributed by atoms with E-state index in [-0.39, 0.29) is 29.7 Å². The number of rotatable bonds is 6. The van der Waals surface area contributed by atoms with E-state index in [2.05, 4.69) is 10.3 Å². The maximum atomic E-state index is 12.8. The Morgan fingerprint density at radius 3 is 2.56 bits per heavy atom. The number of carbonyl (C=O) groups is 2. The van der Waals surface area contributed by atoms with E-state index in [1.165, 1.54) is 6.07 Å². The fraction of sp³-hybridized carbons (Fsp3) is 0.250. The number of ketones is 1. The van der Waals surface area contributed by atoms with Gasteiger partial charge in [-0.2, -0.15) is 0 Å². The predicted molar refractivity (Wildman–Crippen MR) is 98.4 cm³/mol. The van der Waals surface area contributed by atoms with Crippen LogP contribution in [0.3, 0.4) is 0 Å². The second-order valence-electron chi connectivity index (χ2n) is 6.43. The van der Waals surface area contributed by atoms with Crippen LogP contribution in [-0.4, -0.2) is 28.0 Å². The molecule has 0 radical (unpaired) electrons. The average molecular weight is 368 g/mol. The molecule has 2 N–H and O–H groups in total. The lowest BCUT2D eigenvalue weighted by atomic mass is 10.00. The summed E-state index contributed by atoms with van der Waals surface area (Å²) < 4.78 is 10.6. The van der Waals surface area contributed by atoms with Crippen LogP contribution in [-0.2, 0) is 11.3 Å². The number of hydrogen-bond acceptors (Lipinski definition) is 6. The van der Waals surface area contributed by atoms with Crippen LogP contribution in [0.15, 0.2) is 52.9 Å². The van der Waals surface area contributed by atoms with Crippen LogP contribution in [0.25, 0.3) is 11.1 Å². The van der Waals surface area contributed by atoms with Crippen LogP contribution in [0.2, 0.25) is 0 Å². The molecule has 0 spiro atoms. The second kappa shape index (κ2) is 7.90. The Hall–Kier alpha value is -3.35. The molecule has 0 saturated heterocycles. The Kier molecular flexibility index (Phi) is 5.40. The number of hydrogen-bond donors (Lipinski definition) is 2. The van der Waals surface area contributed by atoms with Crippen molar-refractivity contribution in [2.75, 3.05) is 0 Å². The maximum Gasteiger partial charge on any atom is 0.408 e. The number of phenolic OH excluding ortho intramolecular Hbond substituents is 1. The quantitative estimate of drug-likeness (QED) is 0.644. The zero-order valence-electron chi connectivity index (χ0n) is 15.0. The van der Waals surface area contributed by atoms with E-state index in [1.54, 1.807) is 26.0 Å². The van der Waals surface area contributed by atoms with Gasteiger partial charge in [0.15, 0.2) is 11.1 Å². The molecule has 1 amide bonds. The van der Waals surface area contributed by atoms with Crippen LogP contribution in [0.4, 0.5) is 4.79 Å². The van der Waals surface area contributed by atoms with Gasteiger partial charge in [-0.05, 0) is 23.6 Å². The highest BCUT2D eigenvalue weighted by atomic mass is 16.5. The number of para-hydroxylation sites is 1. The molecule has 7 nitrogen and oxygen atoms in total. The first-order chi connectivity index (χ1) is 13.0. The van der Waals surface area contributed by atoms with Crippen molar-refractivity contribution in [1.82, 2.24) is 10.3 Å². The van der Waals surface area contributed by atoms with Gasteiger partial charge in [0.1, 0.15) is 18.4 Å². The zero-order chi connectivity index (χ0) is 19.4. The molecule has 1 atom stereocenters.